The number of imidazole rings is 1. The van der Waals surface area contributed by atoms with Gasteiger partial charge in [0.05, 0.1) is 5.69 Å². The highest BCUT2D eigenvalue weighted by molar-refractivity contribution is 6.35. The molecule has 0 amide bonds. The summed E-state index contributed by atoms with van der Waals surface area (Å²) in [4.78, 5) is 4.49. The zero-order valence-corrected chi connectivity index (χ0v) is 11.5. The van der Waals surface area contributed by atoms with Crippen LogP contribution in [-0.2, 0) is 0 Å². The highest BCUT2D eigenvalue weighted by atomic mass is 35.5. The molecule has 0 aliphatic heterocycles. The van der Waals surface area contributed by atoms with Crippen molar-refractivity contribution in [1.82, 2.24) is 9.55 Å². The van der Waals surface area contributed by atoms with Crippen molar-refractivity contribution in [2.75, 3.05) is 5.32 Å². The maximum absolute atomic E-state index is 5.98. The topological polar surface area (TPSA) is 29.9 Å². The number of hydrogen-bond donors (Lipinski definition) is 1. The van der Waals surface area contributed by atoms with Crippen LogP contribution in [0.5, 0.6) is 0 Å². The van der Waals surface area contributed by atoms with Crippen LogP contribution in [0, 0.1) is 6.92 Å². The number of halogens is 2. The molecule has 3 rings (SSSR count). The van der Waals surface area contributed by atoms with E-state index in [2.05, 4.69) is 21.1 Å². The van der Waals surface area contributed by atoms with Crippen molar-refractivity contribution < 1.29 is 0 Å². The Morgan fingerprint density at radius 2 is 1.89 bits per heavy atom. The zero-order chi connectivity index (χ0) is 12.7. The molecule has 1 saturated carbocycles. The maximum Gasteiger partial charge on any atom is 0.207 e. The molecule has 0 bridgehead atoms. The van der Waals surface area contributed by atoms with E-state index >= 15 is 0 Å². The number of rotatable bonds is 3. The van der Waals surface area contributed by atoms with E-state index in [0.717, 1.165) is 17.3 Å². The van der Waals surface area contributed by atoms with Crippen molar-refractivity contribution in [1.29, 1.82) is 0 Å². The predicted octanol–water partition coefficient (Wildman–Crippen LogP) is 4.58. The first kappa shape index (κ1) is 11.9. The van der Waals surface area contributed by atoms with Gasteiger partial charge in [-0.05, 0) is 38.0 Å². The van der Waals surface area contributed by atoms with Gasteiger partial charge in [-0.15, -0.1) is 0 Å². The maximum atomic E-state index is 5.98. The fourth-order valence-electron chi connectivity index (χ4n) is 1.99. The van der Waals surface area contributed by atoms with Crippen molar-refractivity contribution >= 4 is 34.8 Å². The number of aromatic nitrogens is 2. The first-order valence-corrected chi connectivity index (χ1v) is 6.66. The van der Waals surface area contributed by atoms with Crippen LogP contribution in [0.3, 0.4) is 0 Å². The second-order valence-electron chi connectivity index (χ2n) is 4.63. The normalized spacial score (nSPS) is 14.8. The van der Waals surface area contributed by atoms with Gasteiger partial charge in [0.25, 0.3) is 0 Å². The van der Waals surface area contributed by atoms with Gasteiger partial charge >= 0.3 is 0 Å². The minimum Gasteiger partial charge on any atom is -0.325 e. The van der Waals surface area contributed by atoms with Crippen molar-refractivity contribution in [2.45, 2.75) is 25.8 Å². The van der Waals surface area contributed by atoms with Gasteiger partial charge in [0.1, 0.15) is 0 Å². The standard InChI is InChI=1S/C13H13Cl2N3/c1-8-7-18(12-2-3-12)13(16-8)17-11-5-9(14)4-10(15)6-11/h4-7,12H,2-3H2,1H3,(H,16,17). The lowest BCUT2D eigenvalue weighted by Gasteiger charge is -2.09. The molecule has 0 spiro atoms. The monoisotopic (exact) mass is 281 g/mol. The summed E-state index contributed by atoms with van der Waals surface area (Å²) in [5, 5.41) is 4.51. The lowest BCUT2D eigenvalue weighted by Crippen LogP contribution is -2.01. The summed E-state index contributed by atoms with van der Waals surface area (Å²) in [6.45, 7) is 2.00. The third kappa shape index (κ3) is 2.47. The molecule has 3 nitrogen and oxygen atoms in total. The van der Waals surface area contributed by atoms with Gasteiger partial charge < -0.3 is 9.88 Å². The SMILES string of the molecule is Cc1cn(C2CC2)c(Nc2cc(Cl)cc(Cl)c2)n1. The van der Waals surface area contributed by atoms with Gasteiger partial charge in [-0.3, -0.25) is 0 Å². The van der Waals surface area contributed by atoms with Crippen molar-refractivity contribution in [3.63, 3.8) is 0 Å². The van der Waals surface area contributed by atoms with E-state index in [4.69, 9.17) is 23.2 Å². The fraction of sp³-hybridized carbons (Fsp3) is 0.308. The van der Waals surface area contributed by atoms with Crippen molar-refractivity contribution in [2.24, 2.45) is 0 Å². The van der Waals surface area contributed by atoms with Gasteiger partial charge in [-0.2, -0.15) is 0 Å². The van der Waals surface area contributed by atoms with Gasteiger partial charge in [0.2, 0.25) is 5.95 Å². The number of benzene rings is 1. The Balaban J connectivity index is 1.91. The molecule has 0 saturated heterocycles. The molecule has 2 aromatic rings. The molecule has 1 aromatic carbocycles. The molecule has 5 heteroatoms. The molecule has 0 radical (unpaired) electrons. The van der Waals surface area contributed by atoms with Crippen LogP contribution in [0.2, 0.25) is 10.0 Å². The Hall–Kier alpha value is -1.19. The van der Waals surface area contributed by atoms with E-state index < -0.39 is 0 Å². The highest BCUT2D eigenvalue weighted by Gasteiger charge is 2.26. The summed E-state index contributed by atoms with van der Waals surface area (Å²) < 4.78 is 2.18. The Morgan fingerprint density at radius 1 is 1.22 bits per heavy atom. The van der Waals surface area contributed by atoms with Crippen LogP contribution in [0.15, 0.2) is 24.4 Å². The highest BCUT2D eigenvalue weighted by Crippen LogP contribution is 2.38. The smallest absolute Gasteiger partial charge is 0.207 e. The second-order valence-corrected chi connectivity index (χ2v) is 5.50. The number of hydrogen-bond acceptors (Lipinski definition) is 2. The van der Waals surface area contributed by atoms with Gasteiger partial charge in [-0.1, -0.05) is 23.2 Å². The lowest BCUT2D eigenvalue weighted by molar-refractivity contribution is 0.750. The number of aryl methyl sites for hydroxylation is 1. The molecule has 1 aromatic heterocycles. The fourth-order valence-corrected chi connectivity index (χ4v) is 2.52. The van der Waals surface area contributed by atoms with E-state index in [1.54, 1.807) is 6.07 Å². The summed E-state index contributed by atoms with van der Waals surface area (Å²) >= 11 is 12.0. The minimum absolute atomic E-state index is 0.586. The van der Waals surface area contributed by atoms with Crippen molar-refractivity contribution in [3.8, 4) is 0 Å². The first-order chi connectivity index (χ1) is 8.61. The molecule has 0 unspecified atom stereocenters. The zero-order valence-electron chi connectivity index (χ0n) is 9.95. The van der Waals surface area contributed by atoms with Gasteiger partial charge in [-0.25, -0.2) is 4.98 Å². The summed E-state index contributed by atoms with van der Waals surface area (Å²) in [6, 6.07) is 5.99. The van der Waals surface area contributed by atoms with E-state index in [1.165, 1.54) is 12.8 Å². The largest absolute Gasteiger partial charge is 0.325 e. The average molecular weight is 282 g/mol. The number of nitrogens with one attached hydrogen (secondary N) is 1. The van der Waals surface area contributed by atoms with E-state index in [9.17, 15) is 0 Å². The summed E-state index contributed by atoms with van der Waals surface area (Å²) in [6.07, 6.45) is 4.52. The molecule has 18 heavy (non-hydrogen) atoms. The molecule has 1 N–H and O–H groups in total. The molecular weight excluding hydrogens is 269 g/mol. The molecule has 1 fully saturated rings. The Labute approximate surface area is 116 Å². The Kier molecular flexibility index (Phi) is 2.96. The van der Waals surface area contributed by atoms with E-state index in [1.807, 2.05) is 19.1 Å². The summed E-state index contributed by atoms with van der Waals surface area (Å²) in [5.74, 6) is 0.855. The lowest BCUT2D eigenvalue weighted by atomic mass is 10.3. The quantitative estimate of drug-likeness (QED) is 0.893. The molecule has 0 atom stereocenters. The summed E-state index contributed by atoms with van der Waals surface area (Å²) in [7, 11) is 0. The van der Waals surface area contributed by atoms with Gasteiger partial charge in [0.15, 0.2) is 0 Å². The first-order valence-electron chi connectivity index (χ1n) is 5.90. The molecule has 1 aliphatic carbocycles. The van der Waals surface area contributed by atoms with Crippen molar-refractivity contribution in [3.05, 3.63) is 40.1 Å². The number of anilines is 2. The molecule has 94 valence electrons. The predicted molar refractivity (Wildman–Crippen MR) is 75.0 cm³/mol. The molecule has 1 aliphatic rings. The van der Waals surface area contributed by atoms with Crippen LogP contribution in [0.4, 0.5) is 11.6 Å². The van der Waals surface area contributed by atoms with Crippen LogP contribution in [0.25, 0.3) is 0 Å². The third-order valence-electron chi connectivity index (χ3n) is 2.91. The average Bonchev–Trinajstić information content (AvgIpc) is 3.02. The number of nitrogens with zero attached hydrogens (tertiary/aromatic N) is 2. The third-order valence-corrected chi connectivity index (χ3v) is 3.35. The summed E-state index contributed by atoms with van der Waals surface area (Å²) in [5.41, 5.74) is 1.87. The Morgan fingerprint density at radius 3 is 2.50 bits per heavy atom. The molecule has 1 heterocycles. The minimum atomic E-state index is 0.586. The Bertz CT molecular complexity index is 568. The van der Waals surface area contributed by atoms with Crippen LogP contribution in [0.1, 0.15) is 24.6 Å². The van der Waals surface area contributed by atoms with Gasteiger partial charge in [0, 0.05) is 28.0 Å². The van der Waals surface area contributed by atoms with E-state index in [0.29, 0.717) is 16.1 Å². The second kappa shape index (κ2) is 4.48. The van der Waals surface area contributed by atoms with E-state index in [-0.39, 0.29) is 0 Å². The van der Waals surface area contributed by atoms with Crippen LogP contribution >= 0.6 is 23.2 Å². The van der Waals surface area contributed by atoms with Crippen LogP contribution < -0.4 is 5.32 Å². The molecular formula is C13H13Cl2N3. The van der Waals surface area contributed by atoms with Crippen LogP contribution in [-0.4, -0.2) is 9.55 Å².